The molecule has 0 aromatic heterocycles. The lowest BCUT2D eigenvalue weighted by molar-refractivity contribution is -0.385. The normalized spacial score (nSPS) is 11.6. The van der Waals surface area contributed by atoms with Crippen LogP contribution in [0.25, 0.3) is 0 Å². The summed E-state index contributed by atoms with van der Waals surface area (Å²) in [5.41, 5.74) is 1.46. The van der Waals surface area contributed by atoms with Crippen LogP contribution in [0.5, 0.6) is 5.75 Å². The van der Waals surface area contributed by atoms with Crippen molar-refractivity contribution >= 4 is 11.6 Å². The van der Waals surface area contributed by atoms with Crippen molar-refractivity contribution in [3.05, 3.63) is 69.3 Å². The Morgan fingerprint density at radius 2 is 1.96 bits per heavy atom. The molecule has 2 aromatic rings. The number of nitro benzene ring substituents is 1. The van der Waals surface area contributed by atoms with Gasteiger partial charge in [-0.15, -0.1) is 0 Å². The summed E-state index contributed by atoms with van der Waals surface area (Å²) in [7, 11) is 3.11. The number of rotatable bonds is 7. The van der Waals surface area contributed by atoms with E-state index < -0.39 is 16.9 Å². The number of hydrogen-bond donors (Lipinski definition) is 1. The maximum absolute atomic E-state index is 12.3. The van der Waals surface area contributed by atoms with Gasteiger partial charge in [0.15, 0.2) is 0 Å². The van der Waals surface area contributed by atoms with E-state index in [0.29, 0.717) is 11.3 Å². The molecule has 0 aliphatic carbocycles. The van der Waals surface area contributed by atoms with Crippen LogP contribution in [0.2, 0.25) is 0 Å². The van der Waals surface area contributed by atoms with Crippen molar-refractivity contribution in [3.63, 3.8) is 0 Å². The molecule has 7 nitrogen and oxygen atoms in total. The second kappa shape index (κ2) is 8.25. The lowest BCUT2D eigenvalue weighted by Crippen LogP contribution is -2.29. The highest BCUT2D eigenvalue weighted by Crippen LogP contribution is 2.26. The number of nitrogens with one attached hydrogen (secondary N) is 1. The second-order valence-corrected chi connectivity index (χ2v) is 5.43. The van der Waals surface area contributed by atoms with Crippen molar-refractivity contribution in [2.45, 2.75) is 13.0 Å². The van der Waals surface area contributed by atoms with Crippen LogP contribution in [0.4, 0.5) is 5.69 Å². The standard InChI is InChI=1S/C18H20N2O5/c1-12-8-9-13(10-15(12)20(22)23)18(21)19-11-17(25-3)14-6-4-5-7-16(14)24-2/h4-10,17H,11H2,1-3H3,(H,19,21). The average Bonchev–Trinajstić information content (AvgIpc) is 2.62. The number of nitro groups is 1. The van der Waals surface area contributed by atoms with Crippen LogP contribution in [-0.4, -0.2) is 31.6 Å². The first kappa shape index (κ1) is 18.4. The average molecular weight is 344 g/mol. The number of carbonyl (C=O) groups excluding carboxylic acids is 1. The molecule has 2 rings (SSSR count). The predicted octanol–water partition coefficient (Wildman–Crippen LogP) is 3.03. The number of ether oxygens (including phenoxy) is 2. The van der Waals surface area contributed by atoms with Crippen molar-refractivity contribution in [1.29, 1.82) is 0 Å². The van der Waals surface area contributed by atoms with Gasteiger partial charge >= 0.3 is 0 Å². The van der Waals surface area contributed by atoms with Crippen molar-refractivity contribution < 1.29 is 19.2 Å². The molecule has 2 aromatic carbocycles. The molecule has 1 amide bonds. The smallest absolute Gasteiger partial charge is 0.273 e. The highest BCUT2D eigenvalue weighted by Gasteiger charge is 2.18. The minimum absolute atomic E-state index is 0.0827. The van der Waals surface area contributed by atoms with E-state index in [1.54, 1.807) is 33.3 Å². The van der Waals surface area contributed by atoms with Gasteiger partial charge in [0.25, 0.3) is 11.6 Å². The zero-order valence-corrected chi connectivity index (χ0v) is 14.3. The number of hydrogen-bond acceptors (Lipinski definition) is 5. The lowest BCUT2D eigenvalue weighted by Gasteiger charge is -2.19. The molecule has 0 bridgehead atoms. The van der Waals surface area contributed by atoms with Gasteiger partial charge in [-0.05, 0) is 19.1 Å². The van der Waals surface area contributed by atoms with Gasteiger partial charge in [0.1, 0.15) is 11.9 Å². The summed E-state index contributed by atoms with van der Waals surface area (Å²) >= 11 is 0. The first-order valence-electron chi connectivity index (χ1n) is 7.67. The van der Waals surface area contributed by atoms with E-state index in [4.69, 9.17) is 9.47 Å². The third-order valence-electron chi connectivity index (χ3n) is 3.89. The summed E-state index contributed by atoms with van der Waals surface area (Å²) in [5, 5.41) is 13.7. The topological polar surface area (TPSA) is 90.7 Å². The van der Waals surface area contributed by atoms with Gasteiger partial charge in [-0.25, -0.2) is 0 Å². The monoisotopic (exact) mass is 344 g/mol. The van der Waals surface area contributed by atoms with Gasteiger partial charge in [-0.2, -0.15) is 0 Å². The molecule has 1 unspecified atom stereocenters. The molecule has 0 fully saturated rings. The Bertz CT molecular complexity index is 776. The summed E-state index contributed by atoms with van der Waals surface area (Å²) in [6.45, 7) is 1.83. The van der Waals surface area contributed by atoms with Crippen molar-refractivity contribution in [2.75, 3.05) is 20.8 Å². The highest BCUT2D eigenvalue weighted by atomic mass is 16.6. The number of methoxy groups -OCH3 is 2. The van der Waals surface area contributed by atoms with Crippen LogP contribution in [-0.2, 0) is 4.74 Å². The van der Waals surface area contributed by atoms with Gasteiger partial charge in [0, 0.05) is 36.4 Å². The summed E-state index contributed by atoms with van der Waals surface area (Å²) in [6, 6.07) is 11.8. The summed E-state index contributed by atoms with van der Waals surface area (Å²) < 4.78 is 10.8. The minimum atomic E-state index is -0.501. The molecule has 7 heteroatoms. The van der Waals surface area contributed by atoms with Crippen molar-refractivity contribution in [1.82, 2.24) is 5.32 Å². The maximum atomic E-state index is 12.3. The summed E-state index contributed by atoms with van der Waals surface area (Å²) in [5.74, 6) is 0.259. The maximum Gasteiger partial charge on any atom is 0.273 e. The van der Waals surface area contributed by atoms with Gasteiger partial charge in [-0.1, -0.05) is 24.3 Å². The van der Waals surface area contributed by atoms with Gasteiger partial charge in [0.05, 0.1) is 12.0 Å². The molecule has 0 saturated carbocycles. The molecule has 132 valence electrons. The third kappa shape index (κ3) is 4.33. The van der Waals surface area contributed by atoms with Crippen LogP contribution >= 0.6 is 0 Å². The molecular formula is C18H20N2O5. The van der Waals surface area contributed by atoms with Crippen LogP contribution in [0, 0.1) is 17.0 Å². The first-order valence-corrected chi connectivity index (χ1v) is 7.67. The summed E-state index contributed by atoms with van der Waals surface area (Å²) in [6.07, 6.45) is -0.402. The van der Waals surface area contributed by atoms with Gasteiger partial charge < -0.3 is 14.8 Å². The van der Waals surface area contributed by atoms with E-state index in [1.807, 2.05) is 24.3 Å². The van der Waals surface area contributed by atoms with Crippen molar-refractivity contribution in [2.24, 2.45) is 0 Å². The van der Waals surface area contributed by atoms with E-state index in [1.165, 1.54) is 6.07 Å². The molecule has 1 atom stereocenters. The Kier molecular flexibility index (Phi) is 6.08. The summed E-state index contributed by atoms with van der Waals surface area (Å²) in [4.78, 5) is 22.8. The highest BCUT2D eigenvalue weighted by molar-refractivity contribution is 5.95. The van der Waals surface area contributed by atoms with Crippen LogP contribution < -0.4 is 10.1 Å². The fourth-order valence-corrected chi connectivity index (χ4v) is 2.49. The number of benzene rings is 2. The molecule has 0 spiro atoms. The van der Waals surface area contributed by atoms with E-state index in [-0.39, 0.29) is 17.8 Å². The number of para-hydroxylation sites is 1. The van der Waals surface area contributed by atoms with Gasteiger partial charge in [-0.3, -0.25) is 14.9 Å². The molecule has 0 aliphatic heterocycles. The zero-order chi connectivity index (χ0) is 18.4. The minimum Gasteiger partial charge on any atom is -0.496 e. The van der Waals surface area contributed by atoms with E-state index >= 15 is 0 Å². The number of amides is 1. The predicted molar refractivity (Wildman–Crippen MR) is 92.9 cm³/mol. The number of nitrogens with zero attached hydrogens (tertiary/aromatic N) is 1. The number of carbonyl (C=O) groups is 1. The Balaban J connectivity index is 2.13. The Morgan fingerprint density at radius 3 is 2.60 bits per heavy atom. The second-order valence-electron chi connectivity index (χ2n) is 5.43. The van der Waals surface area contributed by atoms with Crippen molar-refractivity contribution in [3.8, 4) is 5.75 Å². The van der Waals surface area contributed by atoms with Crippen LogP contribution in [0.15, 0.2) is 42.5 Å². The number of aryl methyl sites for hydroxylation is 1. The van der Waals surface area contributed by atoms with E-state index in [9.17, 15) is 14.9 Å². The fraction of sp³-hybridized carbons (Fsp3) is 0.278. The Hall–Kier alpha value is -2.93. The van der Waals surface area contributed by atoms with E-state index in [0.717, 1.165) is 5.56 Å². The molecule has 1 N–H and O–H groups in total. The fourth-order valence-electron chi connectivity index (χ4n) is 2.49. The quantitative estimate of drug-likeness (QED) is 0.616. The molecular weight excluding hydrogens is 324 g/mol. The molecule has 0 radical (unpaired) electrons. The third-order valence-corrected chi connectivity index (χ3v) is 3.89. The SMILES string of the molecule is COc1ccccc1C(CNC(=O)c1ccc(C)c([N+](=O)[O-])c1)OC. The molecule has 0 heterocycles. The molecule has 25 heavy (non-hydrogen) atoms. The first-order chi connectivity index (χ1) is 12.0. The molecule has 0 aliphatic rings. The van der Waals surface area contributed by atoms with Crippen LogP contribution in [0.3, 0.4) is 0 Å². The van der Waals surface area contributed by atoms with E-state index in [2.05, 4.69) is 5.32 Å². The Labute approximate surface area is 145 Å². The zero-order valence-electron chi connectivity index (χ0n) is 14.3. The lowest BCUT2D eigenvalue weighted by atomic mass is 10.1. The van der Waals surface area contributed by atoms with Crippen LogP contribution in [0.1, 0.15) is 27.6 Å². The Morgan fingerprint density at radius 1 is 1.24 bits per heavy atom. The largest absolute Gasteiger partial charge is 0.496 e. The van der Waals surface area contributed by atoms with Gasteiger partial charge in [0.2, 0.25) is 0 Å². The molecule has 0 saturated heterocycles.